The maximum Gasteiger partial charge on any atom is 0.328 e. The molecule has 0 atom stereocenters. The van der Waals surface area contributed by atoms with Gasteiger partial charge in [-0.1, -0.05) is 5.57 Å². The van der Waals surface area contributed by atoms with Gasteiger partial charge in [-0.25, -0.2) is 0 Å². The van der Waals surface area contributed by atoms with Crippen LogP contribution in [0.5, 0.6) is 0 Å². The van der Waals surface area contributed by atoms with Gasteiger partial charge in [0.05, 0.1) is 21.3 Å². The third kappa shape index (κ3) is 1.92. The summed E-state index contributed by atoms with van der Waals surface area (Å²) in [5, 5.41) is 0. The predicted octanol–water partition coefficient (Wildman–Crippen LogP) is 2.82. The zero-order valence-corrected chi connectivity index (χ0v) is 14.1. The average Bonchev–Trinajstić information content (AvgIpc) is 3.07. The maximum atomic E-state index is 12.7. The highest BCUT2D eigenvalue weighted by Gasteiger charge is 2.60. The molecule has 0 aromatic rings. The van der Waals surface area contributed by atoms with Gasteiger partial charge in [0.25, 0.3) is 0 Å². The fourth-order valence-corrected chi connectivity index (χ4v) is 4.31. The number of hydrogen-bond donors (Lipinski definition) is 0. The van der Waals surface area contributed by atoms with Crippen molar-refractivity contribution in [2.75, 3.05) is 21.3 Å². The Labute approximate surface area is 136 Å². The zero-order chi connectivity index (χ0) is 16.8. The Balaban J connectivity index is 2.27. The van der Waals surface area contributed by atoms with Crippen LogP contribution in [0.15, 0.2) is 33.6 Å². The number of ether oxygens (including phenoxy) is 3. The topological polar surface area (TPSA) is 61.8 Å². The van der Waals surface area contributed by atoms with Crippen LogP contribution in [-0.4, -0.2) is 33.3 Å². The first-order valence-electron chi connectivity index (χ1n) is 7.91. The van der Waals surface area contributed by atoms with Crippen LogP contribution in [0.25, 0.3) is 0 Å². The number of rotatable bonds is 3. The van der Waals surface area contributed by atoms with E-state index >= 15 is 0 Å². The lowest BCUT2D eigenvalue weighted by atomic mass is 9.76. The first-order chi connectivity index (χ1) is 11.0. The molecule has 0 bridgehead atoms. The van der Waals surface area contributed by atoms with Crippen molar-refractivity contribution in [3.05, 3.63) is 33.6 Å². The molecule has 0 unspecified atom stereocenters. The summed E-state index contributed by atoms with van der Waals surface area (Å²) < 4.78 is 15.7. The molecule has 124 valence electrons. The van der Waals surface area contributed by atoms with E-state index in [2.05, 4.69) is 0 Å². The van der Waals surface area contributed by atoms with Crippen LogP contribution >= 0.6 is 0 Å². The van der Waals surface area contributed by atoms with Gasteiger partial charge < -0.3 is 14.2 Å². The number of carbonyl (C=O) groups is 2. The van der Waals surface area contributed by atoms with Crippen LogP contribution in [0.2, 0.25) is 0 Å². The molecule has 3 aliphatic carbocycles. The van der Waals surface area contributed by atoms with Gasteiger partial charge in [-0.15, -0.1) is 0 Å². The molecule has 0 heterocycles. The van der Waals surface area contributed by atoms with Crippen molar-refractivity contribution in [1.82, 2.24) is 0 Å². The molecular weight excluding hydrogens is 296 g/mol. The third-order valence-electron chi connectivity index (χ3n) is 5.18. The van der Waals surface area contributed by atoms with E-state index in [-0.39, 0.29) is 0 Å². The molecular formula is C18H22O5. The molecule has 5 heteroatoms. The summed E-state index contributed by atoms with van der Waals surface area (Å²) in [5.41, 5.74) is 3.48. The fraction of sp³-hybridized carbons (Fsp3) is 0.556. The Morgan fingerprint density at radius 1 is 0.957 bits per heavy atom. The van der Waals surface area contributed by atoms with Crippen LogP contribution in [0.4, 0.5) is 0 Å². The Morgan fingerprint density at radius 2 is 1.52 bits per heavy atom. The van der Waals surface area contributed by atoms with E-state index < -0.39 is 17.4 Å². The number of methoxy groups -OCH3 is 3. The molecule has 1 fully saturated rings. The van der Waals surface area contributed by atoms with Crippen molar-refractivity contribution in [3.63, 3.8) is 0 Å². The molecule has 1 saturated carbocycles. The normalized spacial score (nSPS) is 22.1. The van der Waals surface area contributed by atoms with E-state index in [1.54, 1.807) is 7.11 Å². The largest absolute Gasteiger partial charge is 0.496 e. The highest BCUT2D eigenvalue weighted by molar-refractivity contribution is 6.07. The summed E-state index contributed by atoms with van der Waals surface area (Å²) in [5.74, 6) is -0.283. The SMILES string of the molecule is COC(=O)C1(C(=O)OC)CC(C)=C2C(OC)=C3CCCCC3=C21. The van der Waals surface area contributed by atoms with Crippen LogP contribution in [0.3, 0.4) is 0 Å². The summed E-state index contributed by atoms with van der Waals surface area (Å²) in [6.07, 6.45) is 4.20. The predicted molar refractivity (Wildman–Crippen MR) is 83.3 cm³/mol. The number of allylic oxidation sites excluding steroid dienone is 4. The van der Waals surface area contributed by atoms with Gasteiger partial charge in [0.2, 0.25) is 0 Å². The van der Waals surface area contributed by atoms with Crippen LogP contribution in [0, 0.1) is 5.41 Å². The molecule has 5 nitrogen and oxygen atoms in total. The summed E-state index contributed by atoms with van der Waals surface area (Å²) >= 11 is 0. The van der Waals surface area contributed by atoms with Crippen LogP contribution in [0.1, 0.15) is 39.0 Å². The first kappa shape index (κ1) is 15.8. The monoisotopic (exact) mass is 318 g/mol. The molecule has 0 radical (unpaired) electrons. The summed E-state index contributed by atoms with van der Waals surface area (Å²) in [7, 11) is 4.27. The highest BCUT2D eigenvalue weighted by atomic mass is 16.5. The third-order valence-corrected chi connectivity index (χ3v) is 5.18. The Bertz CT molecular complexity index is 662. The second-order valence-corrected chi connectivity index (χ2v) is 6.29. The smallest absolute Gasteiger partial charge is 0.328 e. The van der Waals surface area contributed by atoms with Crippen molar-refractivity contribution in [3.8, 4) is 0 Å². The molecule has 3 aliphatic rings. The minimum absolute atomic E-state index is 0.292. The lowest BCUT2D eigenvalue weighted by Gasteiger charge is -2.28. The molecule has 0 aliphatic heterocycles. The van der Waals surface area contributed by atoms with E-state index in [0.29, 0.717) is 6.42 Å². The Kier molecular flexibility index (Phi) is 3.82. The van der Waals surface area contributed by atoms with E-state index in [0.717, 1.165) is 59.3 Å². The molecule has 0 amide bonds. The van der Waals surface area contributed by atoms with Crippen molar-refractivity contribution in [2.24, 2.45) is 5.41 Å². The van der Waals surface area contributed by atoms with Gasteiger partial charge in [-0.2, -0.15) is 0 Å². The van der Waals surface area contributed by atoms with E-state index in [9.17, 15) is 9.59 Å². The highest BCUT2D eigenvalue weighted by Crippen LogP contribution is 2.59. The average molecular weight is 318 g/mol. The molecule has 23 heavy (non-hydrogen) atoms. The number of carbonyl (C=O) groups excluding carboxylic acids is 2. The second-order valence-electron chi connectivity index (χ2n) is 6.29. The van der Waals surface area contributed by atoms with Gasteiger partial charge in [0.1, 0.15) is 5.76 Å². The second kappa shape index (κ2) is 5.55. The molecule has 3 rings (SSSR count). The molecule has 0 N–H and O–H groups in total. The van der Waals surface area contributed by atoms with Gasteiger partial charge in [0.15, 0.2) is 5.41 Å². The van der Waals surface area contributed by atoms with E-state index in [4.69, 9.17) is 14.2 Å². The lowest BCUT2D eigenvalue weighted by Crippen LogP contribution is -2.41. The van der Waals surface area contributed by atoms with Crippen LogP contribution < -0.4 is 0 Å². The minimum Gasteiger partial charge on any atom is -0.496 e. The number of fused-ring (bicyclic) bond motifs is 2. The van der Waals surface area contributed by atoms with Crippen molar-refractivity contribution < 1.29 is 23.8 Å². The quantitative estimate of drug-likeness (QED) is 0.591. The Hall–Kier alpha value is -2.04. The number of hydrogen-bond acceptors (Lipinski definition) is 5. The van der Waals surface area contributed by atoms with Gasteiger partial charge in [-0.05, 0) is 49.3 Å². The van der Waals surface area contributed by atoms with E-state index in [1.807, 2.05) is 6.92 Å². The maximum absolute atomic E-state index is 12.7. The van der Waals surface area contributed by atoms with Crippen molar-refractivity contribution >= 4 is 11.9 Å². The molecule has 0 saturated heterocycles. The molecule has 0 aromatic heterocycles. The van der Waals surface area contributed by atoms with Crippen LogP contribution in [-0.2, 0) is 23.8 Å². The van der Waals surface area contributed by atoms with Gasteiger partial charge in [-0.3, -0.25) is 9.59 Å². The molecule has 0 spiro atoms. The van der Waals surface area contributed by atoms with Crippen molar-refractivity contribution in [2.45, 2.75) is 39.0 Å². The van der Waals surface area contributed by atoms with Gasteiger partial charge in [0, 0.05) is 12.0 Å². The Morgan fingerprint density at radius 3 is 2.04 bits per heavy atom. The fourth-order valence-electron chi connectivity index (χ4n) is 4.31. The number of esters is 2. The lowest BCUT2D eigenvalue weighted by molar-refractivity contribution is -0.165. The van der Waals surface area contributed by atoms with Crippen molar-refractivity contribution in [1.29, 1.82) is 0 Å². The van der Waals surface area contributed by atoms with E-state index in [1.165, 1.54) is 14.2 Å². The van der Waals surface area contributed by atoms with Gasteiger partial charge >= 0.3 is 11.9 Å². The first-order valence-corrected chi connectivity index (χ1v) is 7.91. The minimum atomic E-state index is -1.39. The standard InChI is InChI=1S/C18H22O5/c1-10-9-18(16(19)22-3,17(20)23-4)14-11-7-5-6-8-12(11)15(21-2)13(10)14/h5-9H2,1-4H3. The zero-order valence-electron chi connectivity index (χ0n) is 14.1. The molecule has 0 aromatic carbocycles. The summed E-state index contributed by atoms with van der Waals surface area (Å²) in [6.45, 7) is 1.94. The summed E-state index contributed by atoms with van der Waals surface area (Å²) in [4.78, 5) is 25.3. The summed E-state index contributed by atoms with van der Waals surface area (Å²) in [6, 6.07) is 0.